The topological polar surface area (TPSA) is 72.7 Å². The van der Waals surface area contributed by atoms with Gasteiger partial charge in [-0.3, -0.25) is 4.79 Å². The molecule has 2 aromatic rings. The lowest BCUT2D eigenvalue weighted by molar-refractivity contribution is -0.120. The maximum Gasteiger partial charge on any atom is 0.230 e. The Labute approximate surface area is 159 Å². The molecule has 0 spiro atoms. The fraction of sp³-hybridized carbons (Fsp3) is 0.579. The van der Waals surface area contributed by atoms with Crippen LogP contribution in [0.4, 0.5) is 0 Å². The summed E-state index contributed by atoms with van der Waals surface area (Å²) >= 11 is 1.37. The number of rotatable bonds is 5. The van der Waals surface area contributed by atoms with E-state index >= 15 is 0 Å². The van der Waals surface area contributed by atoms with Crippen molar-refractivity contribution in [2.45, 2.75) is 58.2 Å². The fourth-order valence-electron chi connectivity index (χ4n) is 3.63. The van der Waals surface area contributed by atoms with Crippen LogP contribution in [-0.4, -0.2) is 37.9 Å². The SMILES string of the molecule is Cc1ccc(-n2nnnc2SCC(=O)NC2CCCC(C)C2C)c(C)c1. The van der Waals surface area contributed by atoms with Crippen molar-refractivity contribution in [3.05, 3.63) is 29.3 Å². The van der Waals surface area contributed by atoms with Crippen molar-refractivity contribution >= 4 is 17.7 Å². The van der Waals surface area contributed by atoms with E-state index in [1.165, 1.54) is 30.2 Å². The van der Waals surface area contributed by atoms with E-state index in [2.05, 4.69) is 47.7 Å². The molecule has 3 rings (SSSR count). The Morgan fingerprint density at radius 1 is 1.31 bits per heavy atom. The molecule has 1 aliphatic rings. The van der Waals surface area contributed by atoms with Crippen LogP contribution in [0.2, 0.25) is 0 Å². The molecule has 1 N–H and O–H groups in total. The van der Waals surface area contributed by atoms with Gasteiger partial charge < -0.3 is 5.32 Å². The molecule has 1 saturated carbocycles. The van der Waals surface area contributed by atoms with Crippen molar-refractivity contribution < 1.29 is 4.79 Å². The molecule has 6 nitrogen and oxygen atoms in total. The van der Waals surface area contributed by atoms with Crippen LogP contribution in [0, 0.1) is 25.7 Å². The molecular formula is C19H27N5OS. The normalized spacial score (nSPS) is 23.0. The van der Waals surface area contributed by atoms with E-state index in [1.54, 1.807) is 4.68 Å². The minimum atomic E-state index is 0.0520. The zero-order valence-electron chi connectivity index (χ0n) is 15.9. The summed E-state index contributed by atoms with van der Waals surface area (Å²) in [6.45, 7) is 8.61. The van der Waals surface area contributed by atoms with Crippen LogP contribution in [-0.2, 0) is 4.79 Å². The van der Waals surface area contributed by atoms with Crippen LogP contribution in [0.15, 0.2) is 23.4 Å². The smallest absolute Gasteiger partial charge is 0.230 e. The highest BCUT2D eigenvalue weighted by Gasteiger charge is 2.28. The molecule has 3 atom stereocenters. The van der Waals surface area contributed by atoms with Crippen molar-refractivity contribution in [2.24, 2.45) is 11.8 Å². The van der Waals surface area contributed by atoms with Crippen LogP contribution in [0.25, 0.3) is 5.69 Å². The van der Waals surface area contributed by atoms with E-state index in [0.717, 1.165) is 17.7 Å². The van der Waals surface area contributed by atoms with Gasteiger partial charge in [0.1, 0.15) is 0 Å². The lowest BCUT2D eigenvalue weighted by Gasteiger charge is -2.34. The Bertz CT molecular complexity index is 775. The molecule has 0 aliphatic heterocycles. The van der Waals surface area contributed by atoms with Crippen LogP contribution in [0.1, 0.15) is 44.2 Å². The van der Waals surface area contributed by atoms with Gasteiger partial charge in [-0.15, -0.1) is 5.10 Å². The summed E-state index contributed by atoms with van der Waals surface area (Å²) in [4.78, 5) is 12.4. The van der Waals surface area contributed by atoms with Crippen molar-refractivity contribution in [3.63, 3.8) is 0 Å². The van der Waals surface area contributed by atoms with Gasteiger partial charge in [0.25, 0.3) is 0 Å². The van der Waals surface area contributed by atoms with Crippen LogP contribution in [0.5, 0.6) is 0 Å². The number of hydrogen-bond acceptors (Lipinski definition) is 5. The first kappa shape index (κ1) is 18.9. The summed E-state index contributed by atoms with van der Waals surface area (Å²) in [7, 11) is 0. The van der Waals surface area contributed by atoms with E-state index in [4.69, 9.17) is 0 Å². The number of carbonyl (C=O) groups excluding carboxylic acids is 1. The van der Waals surface area contributed by atoms with E-state index < -0.39 is 0 Å². The van der Waals surface area contributed by atoms with Gasteiger partial charge in [-0.2, -0.15) is 4.68 Å². The summed E-state index contributed by atoms with van der Waals surface area (Å²) in [5.74, 6) is 1.57. The van der Waals surface area contributed by atoms with Crippen molar-refractivity contribution in [3.8, 4) is 5.69 Å². The maximum absolute atomic E-state index is 12.4. The molecule has 0 saturated heterocycles. The van der Waals surface area contributed by atoms with Crippen LogP contribution in [0.3, 0.4) is 0 Å². The van der Waals surface area contributed by atoms with E-state index in [1.807, 2.05) is 19.1 Å². The summed E-state index contributed by atoms with van der Waals surface area (Å²) in [6.07, 6.45) is 3.52. The highest BCUT2D eigenvalue weighted by molar-refractivity contribution is 7.99. The number of thioether (sulfide) groups is 1. The third-order valence-electron chi connectivity index (χ3n) is 5.41. The number of benzene rings is 1. The summed E-state index contributed by atoms with van der Waals surface area (Å²) in [5.41, 5.74) is 3.25. The molecule has 1 heterocycles. The number of hydrogen-bond donors (Lipinski definition) is 1. The second-order valence-electron chi connectivity index (χ2n) is 7.39. The predicted molar refractivity (Wildman–Crippen MR) is 103 cm³/mol. The zero-order chi connectivity index (χ0) is 18.7. The van der Waals surface area contributed by atoms with Gasteiger partial charge in [-0.05, 0) is 54.2 Å². The van der Waals surface area contributed by atoms with Gasteiger partial charge in [0.05, 0.1) is 11.4 Å². The Balaban J connectivity index is 1.62. The number of amides is 1. The Morgan fingerprint density at radius 2 is 2.12 bits per heavy atom. The predicted octanol–water partition coefficient (Wildman–Crippen LogP) is 3.31. The molecule has 1 fully saturated rings. The van der Waals surface area contributed by atoms with E-state index in [0.29, 0.717) is 22.7 Å². The Hall–Kier alpha value is -1.89. The zero-order valence-corrected chi connectivity index (χ0v) is 16.7. The standard InChI is InChI=1S/C19H27N5OS/c1-12-8-9-17(14(3)10-12)24-19(21-22-23-24)26-11-18(25)20-16-7-5-6-13(2)15(16)4/h8-10,13,15-16H,5-7,11H2,1-4H3,(H,20,25). The summed E-state index contributed by atoms with van der Waals surface area (Å²) in [5, 5.41) is 15.8. The van der Waals surface area contributed by atoms with Crippen LogP contribution >= 0.6 is 11.8 Å². The molecule has 0 bridgehead atoms. The average molecular weight is 374 g/mol. The first-order valence-electron chi connectivity index (χ1n) is 9.24. The summed E-state index contributed by atoms with van der Waals surface area (Å²) < 4.78 is 1.71. The molecule has 1 aromatic heterocycles. The van der Waals surface area contributed by atoms with Gasteiger partial charge in [-0.25, -0.2) is 0 Å². The van der Waals surface area contributed by atoms with Gasteiger partial charge in [0, 0.05) is 6.04 Å². The minimum absolute atomic E-state index is 0.0520. The molecule has 3 unspecified atom stereocenters. The second-order valence-corrected chi connectivity index (χ2v) is 8.34. The minimum Gasteiger partial charge on any atom is -0.352 e. The summed E-state index contributed by atoms with van der Waals surface area (Å²) in [6, 6.07) is 6.43. The highest BCUT2D eigenvalue weighted by atomic mass is 32.2. The molecular weight excluding hydrogens is 346 g/mol. The third-order valence-corrected chi connectivity index (χ3v) is 6.33. The molecule has 140 valence electrons. The first-order valence-corrected chi connectivity index (χ1v) is 10.2. The van der Waals surface area contributed by atoms with Crippen molar-refractivity contribution in [1.29, 1.82) is 0 Å². The molecule has 1 aliphatic carbocycles. The third kappa shape index (κ3) is 4.26. The lowest BCUT2D eigenvalue weighted by atomic mass is 9.78. The van der Waals surface area contributed by atoms with E-state index in [9.17, 15) is 4.79 Å². The number of aryl methyl sites for hydroxylation is 2. The number of carbonyl (C=O) groups is 1. The van der Waals surface area contributed by atoms with Crippen molar-refractivity contribution in [1.82, 2.24) is 25.5 Å². The number of nitrogens with one attached hydrogen (secondary N) is 1. The number of tetrazole rings is 1. The Morgan fingerprint density at radius 3 is 2.88 bits per heavy atom. The van der Waals surface area contributed by atoms with Gasteiger partial charge in [0.15, 0.2) is 0 Å². The molecule has 26 heavy (non-hydrogen) atoms. The van der Waals surface area contributed by atoms with Gasteiger partial charge in [0.2, 0.25) is 11.1 Å². The van der Waals surface area contributed by atoms with Crippen LogP contribution < -0.4 is 5.32 Å². The van der Waals surface area contributed by atoms with Gasteiger partial charge in [-0.1, -0.05) is 56.1 Å². The quantitative estimate of drug-likeness (QED) is 0.814. The fourth-order valence-corrected chi connectivity index (χ4v) is 4.32. The molecule has 7 heteroatoms. The lowest BCUT2D eigenvalue weighted by Crippen LogP contribution is -2.44. The number of aromatic nitrogens is 4. The monoisotopic (exact) mass is 373 g/mol. The number of nitrogens with zero attached hydrogens (tertiary/aromatic N) is 4. The second kappa shape index (κ2) is 8.20. The largest absolute Gasteiger partial charge is 0.352 e. The molecule has 0 radical (unpaired) electrons. The average Bonchev–Trinajstić information content (AvgIpc) is 3.05. The highest BCUT2D eigenvalue weighted by Crippen LogP contribution is 2.29. The maximum atomic E-state index is 12.4. The molecule has 1 amide bonds. The molecule has 1 aromatic carbocycles. The Kier molecular flexibility index (Phi) is 5.96. The van der Waals surface area contributed by atoms with E-state index in [-0.39, 0.29) is 11.9 Å². The van der Waals surface area contributed by atoms with Crippen molar-refractivity contribution in [2.75, 3.05) is 5.75 Å². The first-order chi connectivity index (χ1) is 12.5. The van der Waals surface area contributed by atoms with Gasteiger partial charge >= 0.3 is 0 Å².